The zero-order valence-corrected chi connectivity index (χ0v) is 23.6. The lowest BCUT2D eigenvalue weighted by Gasteiger charge is -2.25. The predicted octanol–water partition coefficient (Wildman–Crippen LogP) is 4.21. The molecular formula is C28H36N2O8S. The molecule has 0 saturated carbocycles. The van der Waals surface area contributed by atoms with E-state index in [0.29, 0.717) is 0 Å². The van der Waals surface area contributed by atoms with Crippen LogP contribution in [0.4, 0.5) is 9.59 Å². The summed E-state index contributed by atoms with van der Waals surface area (Å²) in [7, 11) is 1.21. The van der Waals surface area contributed by atoms with Crippen molar-refractivity contribution in [1.29, 1.82) is 0 Å². The van der Waals surface area contributed by atoms with Crippen LogP contribution in [0.15, 0.2) is 60.7 Å². The molecule has 0 heterocycles. The molecule has 2 rings (SSSR count). The average molecular weight is 561 g/mol. The van der Waals surface area contributed by atoms with Crippen LogP contribution in [0.1, 0.15) is 38.8 Å². The smallest absolute Gasteiger partial charge is 0.408 e. The third-order valence-corrected chi connectivity index (χ3v) is 6.46. The van der Waals surface area contributed by atoms with E-state index in [1.54, 1.807) is 39.8 Å². The first-order valence-electron chi connectivity index (χ1n) is 12.3. The Labute approximate surface area is 233 Å². The highest BCUT2D eigenvalue weighted by atomic mass is 32.2. The first kappa shape index (κ1) is 31.5. The van der Waals surface area contributed by atoms with E-state index in [1.807, 2.05) is 48.5 Å². The summed E-state index contributed by atoms with van der Waals surface area (Å²) in [5, 5.41) is 4.50. The highest BCUT2D eigenvalue weighted by Crippen LogP contribution is 2.19. The Morgan fingerprint density at radius 1 is 0.795 bits per heavy atom. The van der Waals surface area contributed by atoms with Gasteiger partial charge in [0.25, 0.3) is 0 Å². The Balaban J connectivity index is 2.03. The number of hydrogen-bond donors (Lipinski definition) is 2. The molecule has 0 saturated heterocycles. The molecule has 0 fully saturated rings. The van der Waals surface area contributed by atoms with Crippen LogP contribution >= 0.6 is 11.8 Å². The molecule has 212 valence electrons. The minimum absolute atomic E-state index is 0.0198. The van der Waals surface area contributed by atoms with Crippen molar-refractivity contribution in [3.63, 3.8) is 0 Å². The molecule has 0 radical (unpaired) electrons. The standard InChI is InChI=1S/C28H36N2O8S/c1-19(23(25(32)35-5)30-26(33)37-17-21-14-10-7-11-15-21)39-18-22(29-27(34)38-28(2,3)4)24(31)36-16-20-12-8-6-9-13-20/h6-15,19,22-23H,16-18H2,1-5H3,(H,29,34)(H,30,33)/t19-,22+,23+/m0/s1. The number of benzene rings is 2. The summed E-state index contributed by atoms with van der Waals surface area (Å²) in [6, 6.07) is 16.0. The topological polar surface area (TPSA) is 129 Å². The number of rotatable bonds is 12. The van der Waals surface area contributed by atoms with Gasteiger partial charge >= 0.3 is 24.1 Å². The summed E-state index contributed by atoms with van der Waals surface area (Å²) in [4.78, 5) is 50.2. The molecular weight excluding hydrogens is 524 g/mol. The van der Waals surface area contributed by atoms with E-state index in [0.717, 1.165) is 22.9 Å². The van der Waals surface area contributed by atoms with Crippen molar-refractivity contribution < 1.29 is 38.1 Å². The van der Waals surface area contributed by atoms with Crippen molar-refractivity contribution in [3.05, 3.63) is 71.8 Å². The number of thioether (sulfide) groups is 1. The Morgan fingerprint density at radius 2 is 1.33 bits per heavy atom. The van der Waals surface area contributed by atoms with Crippen molar-refractivity contribution in [2.75, 3.05) is 12.9 Å². The van der Waals surface area contributed by atoms with E-state index in [4.69, 9.17) is 18.9 Å². The Kier molecular flexibility index (Phi) is 12.6. The lowest BCUT2D eigenvalue weighted by atomic mass is 10.2. The number of ether oxygens (including phenoxy) is 4. The maximum Gasteiger partial charge on any atom is 0.408 e. The second-order valence-corrected chi connectivity index (χ2v) is 10.9. The summed E-state index contributed by atoms with van der Waals surface area (Å²) in [6.07, 6.45) is -1.59. The molecule has 0 aliphatic carbocycles. The summed E-state index contributed by atoms with van der Waals surface area (Å²) in [5.41, 5.74) is 0.796. The van der Waals surface area contributed by atoms with Gasteiger partial charge < -0.3 is 29.6 Å². The molecule has 2 aromatic rings. The molecule has 0 aromatic heterocycles. The van der Waals surface area contributed by atoms with E-state index >= 15 is 0 Å². The molecule has 3 atom stereocenters. The molecule has 2 N–H and O–H groups in total. The maximum atomic E-state index is 12.9. The molecule has 39 heavy (non-hydrogen) atoms. The third-order valence-electron chi connectivity index (χ3n) is 5.14. The van der Waals surface area contributed by atoms with Crippen LogP contribution in [0.5, 0.6) is 0 Å². The van der Waals surface area contributed by atoms with Gasteiger partial charge in [0.1, 0.15) is 30.9 Å². The van der Waals surface area contributed by atoms with Gasteiger partial charge in [0, 0.05) is 11.0 Å². The highest BCUT2D eigenvalue weighted by molar-refractivity contribution is 8.00. The highest BCUT2D eigenvalue weighted by Gasteiger charge is 2.32. The Hall–Kier alpha value is -3.73. The first-order chi connectivity index (χ1) is 18.5. The Morgan fingerprint density at radius 3 is 1.85 bits per heavy atom. The number of carbonyl (C=O) groups is 4. The van der Waals surface area contributed by atoms with Crippen LogP contribution in [0.25, 0.3) is 0 Å². The van der Waals surface area contributed by atoms with Crippen LogP contribution in [0, 0.1) is 0 Å². The van der Waals surface area contributed by atoms with Gasteiger partial charge in [0.2, 0.25) is 0 Å². The number of nitrogens with one attached hydrogen (secondary N) is 2. The minimum atomic E-state index is -1.08. The first-order valence-corrected chi connectivity index (χ1v) is 13.4. The van der Waals surface area contributed by atoms with Gasteiger partial charge in [-0.1, -0.05) is 67.6 Å². The van der Waals surface area contributed by atoms with Crippen molar-refractivity contribution >= 4 is 35.9 Å². The third kappa shape index (κ3) is 12.1. The Bertz CT molecular complexity index is 1080. The molecule has 0 aliphatic rings. The summed E-state index contributed by atoms with van der Waals surface area (Å²) >= 11 is 1.16. The normalized spacial score (nSPS) is 13.3. The molecule has 0 spiro atoms. The fourth-order valence-corrected chi connectivity index (χ4v) is 4.27. The average Bonchev–Trinajstić information content (AvgIpc) is 2.91. The molecule has 0 bridgehead atoms. The fourth-order valence-electron chi connectivity index (χ4n) is 3.18. The zero-order valence-electron chi connectivity index (χ0n) is 22.8. The van der Waals surface area contributed by atoms with Crippen LogP contribution < -0.4 is 10.6 Å². The number of esters is 2. The zero-order chi connectivity index (χ0) is 28.8. The summed E-state index contributed by atoms with van der Waals surface area (Å²) in [5.74, 6) is -1.33. The van der Waals surface area contributed by atoms with E-state index in [1.165, 1.54) is 7.11 Å². The van der Waals surface area contributed by atoms with Gasteiger partial charge in [0.05, 0.1) is 7.11 Å². The number of methoxy groups -OCH3 is 1. The van der Waals surface area contributed by atoms with E-state index < -0.39 is 47.1 Å². The number of hydrogen-bond acceptors (Lipinski definition) is 9. The fraction of sp³-hybridized carbons (Fsp3) is 0.429. The molecule has 10 nitrogen and oxygen atoms in total. The quantitative estimate of drug-likeness (QED) is 0.290. The van der Waals surface area contributed by atoms with E-state index in [9.17, 15) is 19.2 Å². The summed E-state index contributed by atoms with van der Waals surface area (Å²) < 4.78 is 20.8. The lowest BCUT2D eigenvalue weighted by Crippen LogP contribution is -2.49. The monoisotopic (exact) mass is 560 g/mol. The van der Waals surface area contributed by atoms with Gasteiger partial charge in [-0.3, -0.25) is 0 Å². The van der Waals surface area contributed by atoms with Crippen LogP contribution in [0.2, 0.25) is 0 Å². The van der Waals surface area contributed by atoms with Crippen molar-refractivity contribution in [2.24, 2.45) is 0 Å². The second kappa shape index (κ2) is 15.6. The molecule has 11 heteroatoms. The van der Waals surface area contributed by atoms with Crippen LogP contribution in [-0.2, 0) is 41.8 Å². The molecule has 2 aromatic carbocycles. The van der Waals surface area contributed by atoms with E-state index in [-0.39, 0.29) is 19.0 Å². The van der Waals surface area contributed by atoms with Gasteiger partial charge in [-0.2, -0.15) is 11.8 Å². The SMILES string of the molecule is COC(=O)[C@H](NC(=O)OCc1ccccc1)[C@H](C)SC[C@@H](NC(=O)OC(C)(C)C)C(=O)OCc1ccccc1. The van der Waals surface area contributed by atoms with Gasteiger partial charge in [-0.05, 0) is 31.9 Å². The van der Waals surface area contributed by atoms with E-state index in [2.05, 4.69) is 10.6 Å². The minimum Gasteiger partial charge on any atom is -0.467 e. The van der Waals surface area contributed by atoms with Crippen LogP contribution in [-0.4, -0.2) is 59.9 Å². The van der Waals surface area contributed by atoms with Crippen LogP contribution in [0.3, 0.4) is 0 Å². The van der Waals surface area contributed by atoms with Crippen molar-refractivity contribution in [3.8, 4) is 0 Å². The molecule has 0 aliphatic heterocycles. The lowest BCUT2D eigenvalue weighted by molar-refractivity contribution is -0.146. The number of alkyl carbamates (subject to hydrolysis) is 2. The number of carbonyl (C=O) groups excluding carboxylic acids is 4. The number of amides is 2. The maximum absolute atomic E-state index is 12.9. The largest absolute Gasteiger partial charge is 0.467 e. The van der Waals surface area contributed by atoms with Crippen molar-refractivity contribution in [2.45, 2.75) is 63.8 Å². The second-order valence-electron chi connectivity index (χ2n) is 9.54. The molecule has 2 amide bonds. The predicted molar refractivity (Wildman–Crippen MR) is 147 cm³/mol. The van der Waals surface area contributed by atoms with Gasteiger partial charge in [0.15, 0.2) is 0 Å². The van der Waals surface area contributed by atoms with Gasteiger partial charge in [-0.15, -0.1) is 0 Å². The molecule has 0 unspecified atom stereocenters. The van der Waals surface area contributed by atoms with Crippen molar-refractivity contribution in [1.82, 2.24) is 10.6 Å². The summed E-state index contributed by atoms with van der Waals surface area (Å²) in [6.45, 7) is 6.84. The van der Waals surface area contributed by atoms with Gasteiger partial charge in [-0.25, -0.2) is 19.2 Å².